The maximum absolute atomic E-state index is 13.0. The van der Waals surface area contributed by atoms with Crippen molar-refractivity contribution < 1.29 is 14.3 Å². The summed E-state index contributed by atoms with van der Waals surface area (Å²) in [6.45, 7) is 18.3. The van der Waals surface area contributed by atoms with Gasteiger partial charge in [0.2, 0.25) is 5.88 Å². The first-order valence-electron chi connectivity index (χ1n) is 13.8. The van der Waals surface area contributed by atoms with Crippen LogP contribution in [-0.4, -0.2) is 63.7 Å². The standard InChI is InChI=1S/C31H35ClN6O3/c1-20-28(36-26-12-11-24(33-5)13-25(26)32)34-19-35-29(20)40-27-22-15-37(14-21-9-7-6-8-10-21)16-23(27)18-38(17-22)30(39)41-31(2,3)4/h6-13,19,22-23,27H,14-18H2,1-4H3,(H,34,35,36). The van der Waals surface area contributed by atoms with Gasteiger partial charge in [0.15, 0.2) is 5.69 Å². The second kappa shape index (κ2) is 11.9. The van der Waals surface area contributed by atoms with E-state index in [0.717, 1.165) is 25.2 Å². The van der Waals surface area contributed by atoms with Crippen LogP contribution in [0.3, 0.4) is 0 Å². The molecule has 1 aromatic heterocycles. The quantitative estimate of drug-likeness (QED) is 0.337. The van der Waals surface area contributed by atoms with Crippen LogP contribution < -0.4 is 10.1 Å². The molecule has 2 aliphatic rings. The molecule has 10 heteroatoms. The summed E-state index contributed by atoms with van der Waals surface area (Å²) in [5, 5.41) is 3.69. The molecule has 2 bridgehead atoms. The Kier molecular flexibility index (Phi) is 8.34. The highest BCUT2D eigenvalue weighted by atomic mass is 35.5. The van der Waals surface area contributed by atoms with Gasteiger partial charge in [0.05, 0.1) is 22.8 Å². The Balaban J connectivity index is 1.35. The molecule has 3 heterocycles. The van der Waals surface area contributed by atoms with Crippen molar-refractivity contribution in [1.82, 2.24) is 19.8 Å². The van der Waals surface area contributed by atoms with Gasteiger partial charge in [-0.2, -0.15) is 0 Å². The van der Waals surface area contributed by atoms with Gasteiger partial charge >= 0.3 is 6.09 Å². The number of ether oxygens (including phenoxy) is 2. The third kappa shape index (κ3) is 6.89. The number of nitrogens with zero attached hydrogens (tertiary/aromatic N) is 5. The van der Waals surface area contributed by atoms with E-state index in [-0.39, 0.29) is 24.0 Å². The zero-order valence-corrected chi connectivity index (χ0v) is 24.6. The van der Waals surface area contributed by atoms with E-state index in [0.29, 0.717) is 41.2 Å². The van der Waals surface area contributed by atoms with Crippen LogP contribution in [0.2, 0.25) is 5.02 Å². The maximum Gasteiger partial charge on any atom is 0.410 e. The number of aromatic nitrogens is 2. The zero-order chi connectivity index (χ0) is 29.1. The fraction of sp³-hybridized carbons (Fsp3) is 0.419. The smallest absolute Gasteiger partial charge is 0.410 e. The lowest BCUT2D eigenvalue weighted by Gasteiger charge is -2.50. The van der Waals surface area contributed by atoms with Gasteiger partial charge in [-0.3, -0.25) is 4.90 Å². The molecule has 1 N–H and O–H groups in total. The van der Waals surface area contributed by atoms with Gasteiger partial charge < -0.3 is 19.7 Å². The predicted molar refractivity (Wildman–Crippen MR) is 159 cm³/mol. The van der Waals surface area contributed by atoms with Gasteiger partial charge in [0, 0.05) is 44.6 Å². The average Bonchev–Trinajstić information content (AvgIpc) is 2.91. The van der Waals surface area contributed by atoms with E-state index < -0.39 is 5.60 Å². The minimum atomic E-state index is -0.556. The van der Waals surface area contributed by atoms with Crippen LogP contribution in [0.25, 0.3) is 4.85 Å². The molecule has 9 nitrogen and oxygen atoms in total. The van der Waals surface area contributed by atoms with E-state index in [1.165, 1.54) is 11.9 Å². The molecule has 0 spiro atoms. The summed E-state index contributed by atoms with van der Waals surface area (Å²) in [5.41, 5.74) is 2.57. The minimum absolute atomic E-state index is 0.0696. The Bertz CT molecular complexity index is 1420. The van der Waals surface area contributed by atoms with E-state index in [1.54, 1.807) is 18.2 Å². The molecule has 41 heavy (non-hydrogen) atoms. The molecule has 2 unspecified atom stereocenters. The first kappa shape index (κ1) is 28.7. The molecule has 3 aromatic rings. The van der Waals surface area contributed by atoms with Crippen molar-refractivity contribution in [1.29, 1.82) is 0 Å². The van der Waals surface area contributed by atoms with Crippen LogP contribution in [0.4, 0.5) is 22.0 Å². The molecule has 214 valence electrons. The van der Waals surface area contributed by atoms with Gasteiger partial charge in [-0.1, -0.05) is 48.0 Å². The number of halogens is 1. The molecule has 0 saturated carbocycles. The summed E-state index contributed by atoms with van der Waals surface area (Å²) in [7, 11) is 0. The highest BCUT2D eigenvalue weighted by molar-refractivity contribution is 6.33. The number of hydrogen-bond donors (Lipinski definition) is 1. The predicted octanol–water partition coefficient (Wildman–Crippen LogP) is 6.48. The highest BCUT2D eigenvalue weighted by Gasteiger charge is 2.46. The molecular weight excluding hydrogens is 540 g/mol. The summed E-state index contributed by atoms with van der Waals surface area (Å²) in [6.07, 6.45) is 1.07. The van der Waals surface area contributed by atoms with E-state index in [9.17, 15) is 4.79 Å². The van der Waals surface area contributed by atoms with Crippen molar-refractivity contribution >= 4 is 34.9 Å². The Morgan fingerprint density at radius 2 is 1.80 bits per heavy atom. The van der Waals surface area contributed by atoms with Gasteiger partial charge in [0.1, 0.15) is 23.9 Å². The van der Waals surface area contributed by atoms with Crippen molar-refractivity contribution in [2.24, 2.45) is 11.8 Å². The summed E-state index contributed by atoms with van der Waals surface area (Å²) in [6, 6.07) is 15.5. The molecule has 1 amide bonds. The summed E-state index contributed by atoms with van der Waals surface area (Å²) in [4.78, 5) is 29.6. The van der Waals surface area contributed by atoms with E-state index in [1.807, 2.05) is 38.7 Å². The lowest BCUT2D eigenvalue weighted by molar-refractivity contribution is -0.0722. The largest absolute Gasteiger partial charge is 0.473 e. The molecule has 0 aliphatic carbocycles. The number of likely N-dealkylation sites (tertiary alicyclic amines) is 2. The van der Waals surface area contributed by atoms with Crippen LogP contribution in [0.15, 0.2) is 54.9 Å². The van der Waals surface area contributed by atoms with Crippen LogP contribution in [0.5, 0.6) is 5.88 Å². The number of benzene rings is 2. The van der Waals surface area contributed by atoms with E-state index in [4.69, 9.17) is 27.6 Å². The lowest BCUT2D eigenvalue weighted by atomic mass is 9.81. The Morgan fingerprint density at radius 1 is 1.10 bits per heavy atom. The number of anilines is 2. The van der Waals surface area contributed by atoms with Crippen molar-refractivity contribution in [2.75, 3.05) is 31.5 Å². The van der Waals surface area contributed by atoms with Crippen molar-refractivity contribution in [2.45, 2.75) is 45.9 Å². The summed E-state index contributed by atoms with van der Waals surface area (Å²) < 4.78 is 12.4. The lowest BCUT2D eigenvalue weighted by Crippen LogP contribution is -2.62. The number of piperidine rings is 2. The number of rotatable bonds is 6. The molecule has 2 aliphatic heterocycles. The maximum atomic E-state index is 13.0. The molecular formula is C31H35ClN6O3. The fourth-order valence-corrected chi connectivity index (χ4v) is 5.77. The normalized spacial score (nSPS) is 20.7. The van der Waals surface area contributed by atoms with Crippen molar-refractivity contribution in [3.8, 4) is 5.88 Å². The monoisotopic (exact) mass is 574 g/mol. The number of carbonyl (C=O) groups is 1. The molecule has 0 radical (unpaired) electrons. The molecule has 2 saturated heterocycles. The minimum Gasteiger partial charge on any atom is -0.473 e. The molecule has 2 fully saturated rings. The topological polar surface area (TPSA) is 84.2 Å². The third-order valence-electron chi connectivity index (χ3n) is 7.35. The van der Waals surface area contributed by atoms with Gasteiger partial charge in [-0.05, 0) is 45.4 Å². The first-order chi connectivity index (χ1) is 19.6. The van der Waals surface area contributed by atoms with Crippen LogP contribution in [0.1, 0.15) is 31.9 Å². The number of fused-ring (bicyclic) bond motifs is 2. The third-order valence-corrected chi connectivity index (χ3v) is 7.66. The number of amides is 1. The Hall–Kier alpha value is -3.87. The molecule has 5 rings (SSSR count). The van der Waals surface area contributed by atoms with Gasteiger partial charge in [0.25, 0.3) is 0 Å². The van der Waals surface area contributed by atoms with Crippen molar-refractivity contribution in [3.05, 3.63) is 82.4 Å². The zero-order valence-electron chi connectivity index (χ0n) is 23.8. The fourth-order valence-electron chi connectivity index (χ4n) is 5.54. The second-order valence-corrected chi connectivity index (χ2v) is 12.1. The molecule has 2 atom stereocenters. The number of hydrogen-bond acceptors (Lipinski definition) is 7. The van der Waals surface area contributed by atoms with Gasteiger partial charge in [-0.25, -0.2) is 19.6 Å². The number of nitrogens with one attached hydrogen (secondary N) is 1. The summed E-state index contributed by atoms with van der Waals surface area (Å²) >= 11 is 6.39. The SMILES string of the molecule is [C-]#[N+]c1ccc(Nc2ncnc(OC3C4CN(Cc5ccccc5)CC3CN(C(=O)OC(C)(C)C)C4)c2C)c(Cl)c1. The van der Waals surface area contributed by atoms with Crippen LogP contribution >= 0.6 is 11.6 Å². The highest BCUT2D eigenvalue weighted by Crippen LogP contribution is 2.36. The number of carbonyl (C=O) groups excluding carboxylic acids is 1. The second-order valence-electron chi connectivity index (χ2n) is 11.7. The van der Waals surface area contributed by atoms with Crippen molar-refractivity contribution in [3.63, 3.8) is 0 Å². The van der Waals surface area contributed by atoms with Crippen LogP contribution in [0, 0.1) is 25.3 Å². The molecule has 2 aromatic carbocycles. The first-order valence-corrected chi connectivity index (χ1v) is 14.1. The van der Waals surface area contributed by atoms with Gasteiger partial charge in [-0.15, -0.1) is 0 Å². The van der Waals surface area contributed by atoms with E-state index in [2.05, 4.69) is 49.3 Å². The Labute approximate surface area is 246 Å². The summed E-state index contributed by atoms with van der Waals surface area (Å²) in [5.74, 6) is 1.22. The Morgan fingerprint density at radius 3 is 2.44 bits per heavy atom. The van der Waals surface area contributed by atoms with Crippen LogP contribution in [-0.2, 0) is 11.3 Å². The average molecular weight is 575 g/mol. The van der Waals surface area contributed by atoms with E-state index >= 15 is 0 Å².